The van der Waals surface area contributed by atoms with E-state index in [1.165, 1.54) is 11.1 Å². The summed E-state index contributed by atoms with van der Waals surface area (Å²) < 4.78 is 0. The highest BCUT2D eigenvalue weighted by molar-refractivity contribution is 7.99. The smallest absolute Gasteiger partial charge is 0.223 e. The van der Waals surface area contributed by atoms with Crippen LogP contribution in [-0.4, -0.2) is 25.7 Å². The van der Waals surface area contributed by atoms with Crippen LogP contribution >= 0.6 is 46.6 Å². The quantitative estimate of drug-likeness (QED) is 0.134. The van der Waals surface area contributed by atoms with E-state index in [0.717, 1.165) is 28.6 Å². The van der Waals surface area contributed by atoms with Gasteiger partial charge >= 0.3 is 0 Å². The predicted molar refractivity (Wildman–Crippen MR) is 144 cm³/mol. The summed E-state index contributed by atoms with van der Waals surface area (Å²) in [6.45, 7) is 2.15. The maximum Gasteiger partial charge on any atom is 0.224 e. The van der Waals surface area contributed by atoms with Gasteiger partial charge in [0.05, 0.1) is 11.4 Å². The number of hydrogen-bond donors (Lipinski definition) is 0. The third kappa shape index (κ3) is 5.19. The summed E-state index contributed by atoms with van der Waals surface area (Å²) in [5.74, 6) is 1.27. The molecule has 0 radical (unpaired) electrons. The summed E-state index contributed by atoms with van der Waals surface area (Å²) in [6, 6.07) is 24.9. The monoisotopic (exact) mass is 540 g/mol. The highest BCUT2D eigenvalue weighted by atomic mass is 35.5. The van der Waals surface area contributed by atoms with Crippen molar-refractivity contribution >= 4 is 46.6 Å². The first kappa shape index (κ1) is 24.5. The molecule has 0 saturated heterocycles. The van der Waals surface area contributed by atoms with Gasteiger partial charge in [-0.3, -0.25) is 0 Å². The number of benzene rings is 2. The van der Waals surface area contributed by atoms with Crippen LogP contribution in [0.15, 0.2) is 77.8 Å². The van der Waals surface area contributed by atoms with Crippen LogP contribution in [0.1, 0.15) is 59.5 Å². The van der Waals surface area contributed by atoms with E-state index < -0.39 is 0 Å². The van der Waals surface area contributed by atoms with Gasteiger partial charge in [-0.25, -0.2) is 19.9 Å². The molecule has 4 aromatic rings. The van der Waals surface area contributed by atoms with E-state index >= 15 is 0 Å². The van der Waals surface area contributed by atoms with Gasteiger partial charge in [-0.05, 0) is 58.6 Å². The Morgan fingerprint density at radius 1 is 0.657 bits per heavy atom. The highest BCUT2D eigenvalue weighted by Gasteiger charge is 2.54. The SMILES string of the molecule is CCCSc1cc(C2[C@@H](c3ccccc3)C(c3cc(Cl)nc(Cl)n3)[C@@H]2c2ccccc2)nc(Cl)n1. The van der Waals surface area contributed by atoms with E-state index in [9.17, 15) is 0 Å². The second kappa shape index (κ2) is 10.8. The van der Waals surface area contributed by atoms with Crippen LogP contribution in [0.3, 0.4) is 0 Å². The molecule has 1 saturated carbocycles. The Morgan fingerprint density at radius 2 is 1.17 bits per heavy atom. The van der Waals surface area contributed by atoms with E-state index in [2.05, 4.69) is 76.5 Å². The molecule has 2 aromatic carbocycles. The summed E-state index contributed by atoms with van der Waals surface area (Å²) in [5.41, 5.74) is 4.18. The van der Waals surface area contributed by atoms with Gasteiger partial charge in [0.15, 0.2) is 0 Å². The fourth-order valence-electron chi connectivity index (χ4n) is 5.11. The van der Waals surface area contributed by atoms with Gasteiger partial charge in [-0.2, -0.15) is 0 Å². The zero-order chi connectivity index (χ0) is 24.4. The summed E-state index contributed by atoms with van der Waals surface area (Å²) in [7, 11) is 0. The number of aromatic nitrogens is 4. The Morgan fingerprint density at radius 3 is 1.69 bits per heavy atom. The molecular weight excluding hydrogens is 519 g/mol. The van der Waals surface area contributed by atoms with Crippen LogP contribution < -0.4 is 0 Å². The molecule has 35 heavy (non-hydrogen) atoms. The summed E-state index contributed by atoms with van der Waals surface area (Å²) in [4.78, 5) is 17.9. The van der Waals surface area contributed by atoms with E-state index in [1.54, 1.807) is 11.8 Å². The summed E-state index contributed by atoms with van der Waals surface area (Å²) >= 11 is 20.7. The zero-order valence-corrected chi connectivity index (χ0v) is 22.1. The first-order valence-corrected chi connectivity index (χ1v) is 13.6. The molecule has 0 bridgehead atoms. The van der Waals surface area contributed by atoms with Crippen molar-refractivity contribution in [1.29, 1.82) is 0 Å². The van der Waals surface area contributed by atoms with Crippen molar-refractivity contribution in [2.75, 3.05) is 5.75 Å². The molecule has 0 unspecified atom stereocenters. The predicted octanol–water partition coefficient (Wildman–Crippen LogP) is 8.18. The molecule has 4 nitrogen and oxygen atoms in total. The third-order valence-electron chi connectivity index (χ3n) is 6.44. The molecule has 2 atom stereocenters. The molecule has 2 aromatic heterocycles. The summed E-state index contributed by atoms with van der Waals surface area (Å²) in [5, 5.41) is 1.66. The molecule has 8 heteroatoms. The summed E-state index contributed by atoms with van der Waals surface area (Å²) in [6.07, 6.45) is 1.06. The van der Waals surface area contributed by atoms with E-state index in [4.69, 9.17) is 39.8 Å². The highest BCUT2D eigenvalue weighted by Crippen LogP contribution is 2.66. The fourth-order valence-corrected chi connectivity index (χ4v) is 6.54. The number of rotatable bonds is 7. The van der Waals surface area contributed by atoms with Gasteiger partial charge in [-0.1, -0.05) is 79.2 Å². The third-order valence-corrected chi connectivity index (χ3v) is 8.09. The van der Waals surface area contributed by atoms with Crippen LogP contribution in [0.4, 0.5) is 0 Å². The van der Waals surface area contributed by atoms with Crippen LogP contribution in [0, 0.1) is 0 Å². The van der Waals surface area contributed by atoms with Gasteiger partial charge in [0.2, 0.25) is 10.6 Å². The molecular formula is C27H23Cl3N4S. The minimum atomic E-state index is 0.0308. The van der Waals surface area contributed by atoms with Crippen LogP contribution in [0.5, 0.6) is 0 Å². The lowest BCUT2D eigenvalue weighted by atomic mass is 9.50. The van der Waals surface area contributed by atoms with Crippen LogP contribution in [-0.2, 0) is 0 Å². The van der Waals surface area contributed by atoms with Crippen molar-refractivity contribution in [3.05, 3.63) is 111 Å². The van der Waals surface area contributed by atoms with Gasteiger partial charge in [0.1, 0.15) is 10.2 Å². The maximum absolute atomic E-state index is 6.45. The average molecular weight is 542 g/mol. The van der Waals surface area contributed by atoms with Crippen molar-refractivity contribution < 1.29 is 0 Å². The van der Waals surface area contributed by atoms with Crippen LogP contribution in [0.25, 0.3) is 0 Å². The molecule has 0 aliphatic heterocycles. The Hall–Kier alpha value is -2.18. The Kier molecular flexibility index (Phi) is 7.59. The molecule has 1 aliphatic carbocycles. The molecule has 1 fully saturated rings. The second-order valence-corrected chi connectivity index (χ2v) is 10.7. The lowest BCUT2D eigenvalue weighted by Gasteiger charge is -2.52. The lowest BCUT2D eigenvalue weighted by Crippen LogP contribution is -2.41. The number of nitrogens with zero attached hydrogens (tertiary/aromatic N) is 4. The molecule has 0 N–H and O–H groups in total. The first-order valence-electron chi connectivity index (χ1n) is 11.5. The number of thioether (sulfide) groups is 1. The Labute approximate surface area is 224 Å². The standard InChI is InChI=1S/C27H23Cl3N4S/c1-2-13-35-21-15-19(32-27(30)34-21)25-22(16-9-5-3-6-10-16)24(18-14-20(28)33-26(29)31-18)23(25)17-11-7-4-8-12-17/h3-12,14-15,22-25H,2,13H2,1H3/t22-,23-,24?,25?/m0/s1. The second-order valence-electron chi connectivity index (χ2n) is 8.56. The normalized spacial score (nSPS) is 21.5. The molecule has 2 heterocycles. The van der Waals surface area contributed by atoms with Gasteiger partial charge in [-0.15, -0.1) is 11.8 Å². The van der Waals surface area contributed by atoms with Crippen LogP contribution in [0.2, 0.25) is 15.7 Å². The minimum absolute atomic E-state index is 0.0308. The molecule has 0 amide bonds. The van der Waals surface area contributed by atoms with Gasteiger partial charge in [0.25, 0.3) is 0 Å². The Balaban J connectivity index is 1.68. The van der Waals surface area contributed by atoms with Crippen molar-refractivity contribution in [3.63, 3.8) is 0 Å². The molecule has 0 spiro atoms. The van der Waals surface area contributed by atoms with E-state index in [1.807, 2.05) is 18.2 Å². The van der Waals surface area contributed by atoms with Crippen molar-refractivity contribution in [2.45, 2.75) is 42.0 Å². The number of halogens is 3. The number of hydrogen-bond acceptors (Lipinski definition) is 5. The van der Waals surface area contributed by atoms with Crippen molar-refractivity contribution in [2.24, 2.45) is 0 Å². The zero-order valence-electron chi connectivity index (χ0n) is 19.0. The molecule has 1 aliphatic rings. The van der Waals surface area contributed by atoms with Crippen molar-refractivity contribution in [1.82, 2.24) is 19.9 Å². The van der Waals surface area contributed by atoms with Crippen molar-refractivity contribution in [3.8, 4) is 0 Å². The minimum Gasteiger partial charge on any atom is -0.223 e. The van der Waals surface area contributed by atoms with Gasteiger partial charge in [0, 0.05) is 23.7 Å². The topological polar surface area (TPSA) is 51.6 Å². The largest absolute Gasteiger partial charge is 0.224 e. The first-order chi connectivity index (χ1) is 17.0. The van der Waals surface area contributed by atoms with E-state index in [-0.39, 0.29) is 34.2 Å². The molecule has 178 valence electrons. The Bertz CT molecular complexity index is 1240. The lowest BCUT2D eigenvalue weighted by molar-refractivity contribution is 0.219. The fraction of sp³-hybridized carbons (Fsp3) is 0.259. The van der Waals surface area contributed by atoms with E-state index in [0.29, 0.717) is 5.15 Å². The molecule has 5 rings (SSSR count). The van der Waals surface area contributed by atoms with Gasteiger partial charge < -0.3 is 0 Å². The average Bonchev–Trinajstić information content (AvgIpc) is 2.83. The maximum atomic E-state index is 6.45.